The molecule has 0 radical (unpaired) electrons. The number of hydrazone groups is 1. The van der Waals surface area contributed by atoms with Crippen LogP contribution in [0.1, 0.15) is 11.1 Å². The molecule has 30 heavy (non-hydrogen) atoms. The maximum atomic E-state index is 12.0. The summed E-state index contributed by atoms with van der Waals surface area (Å²) in [7, 11) is 0. The van der Waals surface area contributed by atoms with Crippen LogP contribution in [0.25, 0.3) is 0 Å². The minimum absolute atomic E-state index is 0.0428. The number of rotatable bonds is 8. The number of nitrogens with one attached hydrogen (secondary N) is 1. The van der Waals surface area contributed by atoms with Gasteiger partial charge in [0.05, 0.1) is 16.4 Å². The molecule has 1 amide bonds. The maximum absolute atomic E-state index is 12.0. The van der Waals surface area contributed by atoms with Crippen LogP contribution in [0, 0.1) is 0 Å². The Morgan fingerprint density at radius 3 is 2.73 bits per heavy atom. The van der Waals surface area contributed by atoms with Gasteiger partial charge in [-0.3, -0.25) is 4.79 Å². The third kappa shape index (κ3) is 6.96. The minimum Gasteiger partial charge on any atom is -0.506 e. The van der Waals surface area contributed by atoms with E-state index in [1.54, 1.807) is 23.9 Å². The third-order valence-corrected chi connectivity index (χ3v) is 8.14. The molecule has 156 valence electrons. The normalized spacial score (nSPS) is 11.2. The van der Waals surface area contributed by atoms with Gasteiger partial charge in [0.15, 0.2) is 8.68 Å². The van der Waals surface area contributed by atoms with Gasteiger partial charge < -0.3 is 5.11 Å². The van der Waals surface area contributed by atoms with Gasteiger partial charge in [-0.15, -0.1) is 10.2 Å². The number of amides is 1. The lowest BCUT2D eigenvalue weighted by molar-refractivity contribution is -0.118. The summed E-state index contributed by atoms with van der Waals surface area (Å²) >= 11 is 17.0. The SMILES string of the molecule is O=C(CSc1nnc(SCc2ccccc2Cl)s1)N/N=C\c1cc(Br)cc(Br)c1O. The smallest absolute Gasteiger partial charge is 0.250 e. The van der Waals surface area contributed by atoms with E-state index in [1.807, 2.05) is 24.3 Å². The van der Waals surface area contributed by atoms with Gasteiger partial charge in [0, 0.05) is 20.8 Å². The number of aromatic nitrogens is 2. The Kier molecular flexibility index (Phi) is 9.02. The molecule has 0 bridgehead atoms. The Morgan fingerprint density at radius 2 is 1.97 bits per heavy atom. The summed E-state index contributed by atoms with van der Waals surface area (Å²) in [6, 6.07) is 11.1. The number of aromatic hydroxyl groups is 1. The Morgan fingerprint density at radius 1 is 1.23 bits per heavy atom. The molecule has 1 aromatic heterocycles. The van der Waals surface area contributed by atoms with E-state index in [0.29, 0.717) is 20.1 Å². The molecule has 2 aromatic carbocycles. The third-order valence-electron chi connectivity index (χ3n) is 3.47. The Hall–Kier alpha value is -1.11. The molecule has 0 saturated carbocycles. The highest BCUT2D eigenvalue weighted by Gasteiger charge is 2.10. The Labute approximate surface area is 207 Å². The average Bonchev–Trinajstić information content (AvgIpc) is 3.17. The highest BCUT2D eigenvalue weighted by Crippen LogP contribution is 2.32. The summed E-state index contributed by atoms with van der Waals surface area (Å²) in [5.41, 5.74) is 3.93. The molecule has 0 aliphatic carbocycles. The zero-order valence-corrected chi connectivity index (χ0v) is 21.4. The highest BCUT2D eigenvalue weighted by molar-refractivity contribution is 9.11. The van der Waals surface area contributed by atoms with Crippen LogP contribution in [0.5, 0.6) is 5.75 Å². The Bertz CT molecular complexity index is 1080. The number of phenolic OH excluding ortho intramolecular Hbond substituents is 1. The number of hydrogen-bond donors (Lipinski definition) is 2. The first kappa shape index (κ1) is 23.6. The van der Waals surface area contributed by atoms with Gasteiger partial charge in [-0.2, -0.15) is 5.10 Å². The lowest BCUT2D eigenvalue weighted by Gasteiger charge is -2.03. The van der Waals surface area contributed by atoms with E-state index in [9.17, 15) is 9.90 Å². The predicted octanol–water partition coefficient (Wildman–Crippen LogP) is 5.96. The zero-order chi connectivity index (χ0) is 21.5. The van der Waals surface area contributed by atoms with Gasteiger partial charge in [0.2, 0.25) is 0 Å². The molecule has 0 aliphatic heterocycles. The molecule has 0 unspecified atom stereocenters. The van der Waals surface area contributed by atoms with E-state index in [0.717, 1.165) is 19.4 Å². The van der Waals surface area contributed by atoms with Crippen molar-refractivity contribution in [2.24, 2.45) is 5.10 Å². The van der Waals surface area contributed by atoms with Gasteiger partial charge >= 0.3 is 0 Å². The Balaban J connectivity index is 1.46. The standard InChI is InChI=1S/C18H13Br2ClN4O2S3/c19-12-5-11(16(27)13(20)6-12)7-22-23-15(26)9-29-18-25-24-17(30-18)28-8-10-3-1-2-4-14(10)21/h1-7,27H,8-9H2,(H,23,26)/b22-7-. The van der Waals surface area contributed by atoms with Crippen LogP contribution < -0.4 is 5.43 Å². The van der Waals surface area contributed by atoms with Crippen LogP contribution in [0.15, 0.2) is 59.1 Å². The van der Waals surface area contributed by atoms with Crippen molar-refractivity contribution in [2.75, 3.05) is 5.75 Å². The first-order valence-corrected chi connectivity index (χ1v) is 13.0. The fourth-order valence-electron chi connectivity index (χ4n) is 2.09. The molecule has 0 spiro atoms. The van der Waals surface area contributed by atoms with Gasteiger partial charge in [0.25, 0.3) is 5.91 Å². The number of hydrogen-bond acceptors (Lipinski definition) is 8. The number of carbonyl (C=O) groups is 1. The molecule has 3 aromatic rings. The van der Waals surface area contributed by atoms with E-state index in [-0.39, 0.29) is 17.4 Å². The number of thioether (sulfide) groups is 2. The van der Waals surface area contributed by atoms with E-state index in [4.69, 9.17) is 11.6 Å². The zero-order valence-electron chi connectivity index (χ0n) is 15.0. The van der Waals surface area contributed by atoms with Crippen molar-refractivity contribution in [2.45, 2.75) is 14.4 Å². The van der Waals surface area contributed by atoms with Crippen LogP contribution in [0.4, 0.5) is 0 Å². The van der Waals surface area contributed by atoms with E-state index >= 15 is 0 Å². The second-order valence-electron chi connectivity index (χ2n) is 5.62. The quantitative estimate of drug-likeness (QED) is 0.187. The van der Waals surface area contributed by atoms with Crippen LogP contribution >= 0.6 is 78.3 Å². The van der Waals surface area contributed by atoms with E-state index in [1.165, 1.54) is 29.3 Å². The van der Waals surface area contributed by atoms with Crippen LogP contribution in [-0.2, 0) is 10.5 Å². The van der Waals surface area contributed by atoms with Gasteiger partial charge in [-0.1, -0.05) is 80.6 Å². The van der Waals surface area contributed by atoms with Gasteiger partial charge in [-0.25, -0.2) is 5.43 Å². The fourth-order valence-corrected chi connectivity index (χ4v) is 6.44. The molecule has 2 N–H and O–H groups in total. The van der Waals surface area contributed by atoms with Crippen molar-refractivity contribution in [1.82, 2.24) is 15.6 Å². The predicted molar refractivity (Wildman–Crippen MR) is 131 cm³/mol. The van der Waals surface area contributed by atoms with Crippen molar-refractivity contribution in [3.8, 4) is 5.75 Å². The molecule has 3 rings (SSSR count). The van der Waals surface area contributed by atoms with E-state index < -0.39 is 0 Å². The maximum Gasteiger partial charge on any atom is 0.250 e. The first-order valence-electron chi connectivity index (χ1n) is 8.25. The largest absolute Gasteiger partial charge is 0.506 e. The van der Waals surface area contributed by atoms with Crippen LogP contribution in [-0.4, -0.2) is 33.2 Å². The van der Waals surface area contributed by atoms with E-state index in [2.05, 4.69) is 52.6 Å². The van der Waals surface area contributed by atoms with Crippen LogP contribution in [0.3, 0.4) is 0 Å². The number of benzene rings is 2. The second-order valence-corrected chi connectivity index (χ2v) is 11.2. The topological polar surface area (TPSA) is 87.5 Å². The van der Waals surface area contributed by atoms with Crippen molar-refractivity contribution in [3.63, 3.8) is 0 Å². The monoisotopic (exact) mass is 606 g/mol. The lowest BCUT2D eigenvalue weighted by atomic mass is 10.2. The summed E-state index contributed by atoms with van der Waals surface area (Å²) < 4.78 is 2.81. The number of phenols is 1. The molecular weight excluding hydrogens is 596 g/mol. The highest BCUT2D eigenvalue weighted by atomic mass is 79.9. The number of carbonyl (C=O) groups excluding carboxylic acids is 1. The van der Waals surface area contributed by atoms with Gasteiger partial charge in [0.1, 0.15) is 5.75 Å². The first-order chi connectivity index (χ1) is 14.4. The summed E-state index contributed by atoms with van der Waals surface area (Å²) in [5.74, 6) is 0.605. The van der Waals surface area contributed by atoms with Crippen molar-refractivity contribution in [3.05, 3.63) is 61.5 Å². The summed E-state index contributed by atoms with van der Waals surface area (Å²) in [4.78, 5) is 12.0. The minimum atomic E-state index is -0.287. The summed E-state index contributed by atoms with van der Waals surface area (Å²) in [6.45, 7) is 0. The lowest BCUT2D eigenvalue weighted by Crippen LogP contribution is -2.19. The van der Waals surface area contributed by atoms with Crippen molar-refractivity contribution in [1.29, 1.82) is 0 Å². The molecule has 6 nitrogen and oxygen atoms in total. The fraction of sp³-hybridized carbons (Fsp3) is 0.111. The molecule has 0 atom stereocenters. The molecule has 0 aliphatic rings. The van der Waals surface area contributed by atoms with Crippen LogP contribution in [0.2, 0.25) is 5.02 Å². The molecule has 12 heteroatoms. The second kappa shape index (κ2) is 11.5. The van der Waals surface area contributed by atoms with Gasteiger partial charge in [-0.05, 0) is 39.7 Å². The molecule has 0 fully saturated rings. The summed E-state index contributed by atoms with van der Waals surface area (Å²) in [6.07, 6.45) is 1.38. The molecular formula is C18H13Br2ClN4O2S3. The van der Waals surface area contributed by atoms with Crippen molar-refractivity contribution >= 4 is 90.4 Å². The number of nitrogens with zero attached hydrogens (tertiary/aromatic N) is 3. The summed E-state index contributed by atoms with van der Waals surface area (Å²) in [5, 5.41) is 22.8. The molecule has 1 heterocycles. The number of halogens is 3. The molecule has 0 saturated heterocycles. The van der Waals surface area contributed by atoms with Crippen molar-refractivity contribution < 1.29 is 9.90 Å². The average molecular weight is 609 g/mol.